The van der Waals surface area contributed by atoms with E-state index in [1.54, 1.807) is 12.1 Å². The lowest BCUT2D eigenvalue weighted by atomic mass is 10.2. The maximum atomic E-state index is 9.57. The van der Waals surface area contributed by atoms with Crippen LogP contribution in [0.1, 0.15) is 5.69 Å². The van der Waals surface area contributed by atoms with Gasteiger partial charge in [0.25, 0.3) is 5.89 Å². The molecule has 2 N–H and O–H groups in total. The summed E-state index contributed by atoms with van der Waals surface area (Å²) < 4.78 is 10.2. The fraction of sp³-hybridized carbons (Fsp3) is 0.0769. The zero-order valence-electron chi connectivity index (χ0n) is 10.9. The third-order valence-corrected chi connectivity index (χ3v) is 2.85. The zero-order valence-corrected chi connectivity index (χ0v) is 10.9. The van der Waals surface area contributed by atoms with E-state index in [1.807, 2.05) is 6.07 Å². The minimum Gasteiger partial charge on any atom is -0.504 e. The van der Waals surface area contributed by atoms with Crippen molar-refractivity contribution in [3.8, 4) is 40.4 Å². The molecule has 0 saturated carbocycles. The van der Waals surface area contributed by atoms with Gasteiger partial charge in [-0.1, -0.05) is 5.16 Å². The number of rotatable bonds is 3. The Labute approximate surface area is 118 Å². The van der Waals surface area contributed by atoms with Gasteiger partial charge >= 0.3 is 0 Å². The van der Waals surface area contributed by atoms with Crippen molar-refractivity contribution in [1.82, 2.24) is 20.3 Å². The van der Waals surface area contributed by atoms with Gasteiger partial charge in [-0.25, -0.2) is 0 Å². The van der Waals surface area contributed by atoms with Gasteiger partial charge in [-0.05, 0) is 18.2 Å². The number of phenolic OH excluding ortho intramolecular Hbond substituents is 1. The Morgan fingerprint density at radius 2 is 2.29 bits per heavy atom. The predicted molar refractivity (Wildman–Crippen MR) is 70.2 cm³/mol. The van der Waals surface area contributed by atoms with Crippen molar-refractivity contribution < 1.29 is 14.4 Å². The van der Waals surface area contributed by atoms with Gasteiger partial charge in [0.15, 0.2) is 11.5 Å². The Hall–Kier alpha value is -3.34. The van der Waals surface area contributed by atoms with Gasteiger partial charge in [0.2, 0.25) is 5.82 Å². The van der Waals surface area contributed by atoms with Gasteiger partial charge < -0.3 is 14.4 Å². The highest BCUT2D eigenvalue weighted by Gasteiger charge is 2.16. The van der Waals surface area contributed by atoms with Crippen molar-refractivity contribution in [3.05, 3.63) is 30.1 Å². The van der Waals surface area contributed by atoms with Gasteiger partial charge in [0.05, 0.1) is 18.9 Å². The van der Waals surface area contributed by atoms with Crippen LogP contribution in [0.15, 0.2) is 28.9 Å². The lowest BCUT2D eigenvalue weighted by Crippen LogP contribution is -1.86. The number of aromatic hydroxyl groups is 1. The van der Waals surface area contributed by atoms with Crippen LogP contribution in [0.5, 0.6) is 11.5 Å². The molecule has 0 aliphatic heterocycles. The summed E-state index contributed by atoms with van der Waals surface area (Å²) in [6.07, 6.45) is 1.44. The average Bonchev–Trinajstić information content (AvgIpc) is 3.16. The number of nitrogens with one attached hydrogen (secondary N) is 1. The number of ether oxygens (including phenoxy) is 1. The SMILES string of the molecule is COc1cc(-c2noc(-c3cn[nH]c3C#N)n2)ccc1O. The van der Waals surface area contributed by atoms with Crippen LogP contribution in [0.4, 0.5) is 0 Å². The highest BCUT2D eigenvalue weighted by Crippen LogP contribution is 2.31. The van der Waals surface area contributed by atoms with Crippen LogP contribution in [-0.2, 0) is 0 Å². The number of H-pyrrole nitrogens is 1. The van der Waals surface area contributed by atoms with Gasteiger partial charge in [-0.2, -0.15) is 15.3 Å². The molecule has 0 amide bonds. The maximum absolute atomic E-state index is 9.57. The minimum absolute atomic E-state index is 0.0200. The van der Waals surface area contributed by atoms with Crippen molar-refractivity contribution in [3.63, 3.8) is 0 Å². The van der Waals surface area contributed by atoms with E-state index in [0.29, 0.717) is 22.7 Å². The molecule has 0 spiro atoms. The first-order valence-electron chi connectivity index (χ1n) is 5.88. The topological polar surface area (TPSA) is 121 Å². The third kappa shape index (κ3) is 2.17. The fourth-order valence-electron chi connectivity index (χ4n) is 1.80. The van der Waals surface area contributed by atoms with Crippen molar-refractivity contribution in [2.24, 2.45) is 0 Å². The lowest BCUT2D eigenvalue weighted by molar-refractivity contribution is 0.373. The van der Waals surface area contributed by atoms with E-state index in [4.69, 9.17) is 14.5 Å². The molecule has 0 unspecified atom stereocenters. The molecule has 0 radical (unpaired) electrons. The van der Waals surface area contributed by atoms with E-state index in [0.717, 1.165) is 0 Å². The van der Waals surface area contributed by atoms with E-state index in [2.05, 4.69) is 20.3 Å². The molecule has 0 aliphatic rings. The number of nitrogens with zero attached hydrogens (tertiary/aromatic N) is 4. The fourth-order valence-corrected chi connectivity index (χ4v) is 1.80. The van der Waals surface area contributed by atoms with E-state index < -0.39 is 0 Å². The summed E-state index contributed by atoms with van der Waals surface area (Å²) in [6, 6.07) is 6.64. The minimum atomic E-state index is 0.0200. The number of phenols is 1. The van der Waals surface area contributed by atoms with Crippen molar-refractivity contribution >= 4 is 0 Å². The lowest BCUT2D eigenvalue weighted by Gasteiger charge is -2.03. The molecule has 2 aromatic heterocycles. The highest BCUT2D eigenvalue weighted by molar-refractivity contribution is 5.64. The molecule has 0 bridgehead atoms. The predicted octanol–water partition coefficient (Wildman–Crippen LogP) is 1.71. The van der Waals surface area contributed by atoms with Crippen molar-refractivity contribution in [2.45, 2.75) is 0 Å². The molecule has 3 rings (SSSR count). The number of nitriles is 1. The molecule has 8 heteroatoms. The number of hydrogen-bond acceptors (Lipinski definition) is 7. The van der Waals surface area contributed by atoms with Crippen LogP contribution in [0.2, 0.25) is 0 Å². The van der Waals surface area contributed by atoms with Gasteiger partial charge in [0.1, 0.15) is 11.8 Å². The number of aromatic nitrogens is 4. The second-order valence-corrected chi connectivity index (χ2v) is 4.08. The molecule has 0 fully saturated rings. The van der Waals surface area contributed by atoms with E-state index in [1.165, 1.54) is 19.4 Å². The molecule has 0 atom stereocenters. The molecular weight excluding hydrogens is 274 g/mol. The molecule has 2 heterocycles. The smallest absolute Gasteiger partial charge is 0.262 e. The molecule has 1 aromatic carbocycles. The van der Waals surface area contributed by atoms with Gasteiger partial charge in [0, 0.05) is 5.56 Å². The summed E-state index contributed by atoms with van der Waals surface area (Å²) in [7, 11) is 1.45. The van der Waals surface area contributed by atoms with Crippen molar-refractivity contribution in [2.75, 3.05) is 7.11 Å². The summed E-state index contributed by atoms with van der Waals surface area (Å²) in [4.78, 5) is 4.21. The molecule has 104 valence electrons. The van der Waals surface area contributed by atoms with Crippen LogP contribution >= 0.6 is 0 Å². The largest absolute Gasteiger partial charge is 0.504 e. The highest BCUT2D eigenvalue weighted by atomic mass is 16.5. The molecular formula is C13H9N5O3. The summed E-state index contributed by atoms with van der Waals surface area (Å²) in [5, 5.41) is 28.7. The van der Waals surface area contributed by atoms with Crippen LogP contribution < -0.4 is 4.74 Å². The Balaban J connectivity index is 2.01. The van der Waals surface area contributed by atoms with E-state index >= 15 is 0 Å². The zero-order chi connectivity index (χ0) is 14.8. The summed E-state index contributed by atoms with van der Waals surface area (Å²) in [5.74, 6) is 0.821. The average molecular weight is 283 g/mol. The number of benzene rings is 1. The molecule has 21 heavy (non-hydrogen) atoms. The first kappa shape index (κ1) is 12.7. The van der Waals surface area contributed by atoms with Gasteiger partial charge in [-0.15, -0.1) is 0 Å². The second kappa shape index (κ2) is 4.97. The Morgan fingerprint density at radius 1 is 1.43 bits per heavy atom. The summed E-state index contributed by atoms with van der Waals surface area (Å²) >= 11 is 0. The number of hydrogen-bond donors (Lipinski definition) is 2. The van der Waals surface area contributed by atoms with Crippen LogP contribution in [-0.4, -0.2) is 32.6 Å². The molecule has 3 aromatic rings. The van der Waals surface area contributed by atoms with Crippen LogP contribution in [0, 0.1) is 11.3 Å². The monoisotopic (exact) mass is 283 g/mol. The van der Waals surface area contributed by atoms with E-state index in [9.17, 15) is 5.11 Å². The second-order valence-electron chi connectivity index (χ2n) is 4.08. The molecule has 8 nitrogen and oxygen atoms in total. The Morgan fingerprint density at radius 3 is 3.05 bits per heavy atom. The normalized spacial score (nSPS) is 10.3. The summed E-state index contributed by atoms with van der Waals surface area (Å²) in [6.45, 7) is 0. The van der Waals surface area contributed by atoms with Crippen LogP contribution in [0.25, 0.3) is 22.8 Å². The standard InChI is InChI=1S/C13H9N5O3/c1-20-11-4-7(2-3-10(11)19)12-16-13(21-18-12)8-6-15-17-9(8)5-14/h2-4,6,19H,1H3,(H,15,17). The first-order valence-corrected chi connectivity index (χ1v) is 5.88. The summed E-state index contributed by atoms with van der Waals surface area (Å²) in [5.41, 5.74) is 1.29. The van der Waals surface area contributed by atoms with Crippen molar-refractivity contribution in [1.29, 1.82) is 5.26 Å². The van der Waals surface area contributed by atoms with E-state index in [-0.39, 0.29) is 17.3 Å². The van der Waals surface area contributed by atoms with Gasteiger partial charge in [-0.3, -0.25) is 5.10 Å². The Kier molecular flexibility index (Phi) is 3.00. The quantitative estimate of drug-likeness (QED) is 0.750. The number of methoxy groups -OCH3 is 1. The first-order chi connectivity index (χ1) is 10.2. The van der Waals surface area contributed by atoms with Crippen LogP contribution in [0.3, 0.4) is 0 Å². The Bertz CT molecular complexity index is 830. The molecule has 0 aliphatic carbocycles. The maximum Gasteiger partial charge on any atom is 0.262 e. The molecule has 0 saturated heterocycles. The number of aromatic amines is 1. The third-order valence-electron chi connectivity index (χ3n) is 2.85.